The largest absolute Gasteiger partial charge is 0.457 e. The minimum absolute atomic E-state index is 0.0713. The van der Waals surface area contributed by atoms with Gasteiger partial charge in [0.05, 0.1) is 17.5 Å². The fourth-order valence-corrected chi connectivity index (χ4v) is 4.90. The van der Waals surface area contributed by atoms with Crippen LogP contribution in [0.5, 0.6) is 11.5 Å². The minimum atomic E-state index is -4.42. The molecule has 5 rings (SSSR count). The third kappa shape index (κ3) is 7.00. The zero-order valence-electron chi connectivity index (χ0n) is 23.7. The Labute approximate surface area is 247 Å². The molecule has 0 spiro atoms. The fourth-order valence-electron chi connectivity index (χ4n) is 4.90. The number of amides is 1. The lowest BCUT2D eigenvalue weighted by molar-refractivity contribution is -0.137. The highest BCUT2D eigenvalue weighted by Crippen LogP contribution is 2.33. The van der Waals surface area contributed by atoms with Crippen molar-refractivity contribution >= 4 is 28.3 Å². The van der Waals surface area contributed by atoms with Crippen LogP contribution >= 0.6 is 0 Å². The summed E-state index contributed by atoms with van der Waals surface area (Å²) in [6.45, 7) is 9.53. The van der Waals surface area contributed by atoms with Crippen LogP contribution in [0.3, 0.4) is 0 Å². The van der Waals surface area contributed by atoms with Crippen LogP contribution in [0.2, 0.25) is 0 Å². The third-order valence-electron chi connectivity index (χ3n) is 7.19. The van der Waals surface area contributed by atoms with Crippen molar-refractivity contribution in [1.82, 2.24) is 15.3 Å². The molecular formula is C32H32F3N5O3. The van der Waals surface area contributed by atoms with Gasteiger partial charge in [0.1, 0.15) is 22.8 Å². The molecule has 0 atom stereocenters. The standard InChI is InChI=1S/C32H32F3N5O3/c1-4-40(21(2)20-39(3)25-7-5-6-22(18-25)32(33,34)35)24-8-10-26(11-9-24)43-29-12-15-36-30-27(29)19-28(38-30)31(41)37-23-13-16-42-17-14-23/h4-12,15,18-19,23H,1-2,13-14,16-17,20H2,3H3,(H,36,38)(H,37,41). The monoisotopic (exact) mass is 591 g/mol. The number of hydrogen-bond donors (Lipinski definition) is 2. The Morgan fingerprint density at radius 2 is 1.88 bits per heavy atom. The second-order valence-electron chi connectivity index (χ2n) is 10.2. The number of ether oxygens (including phenoxy) is 2. The molecule has 8 nitrogen and oxygen atoms in total. The number of benzene rings is 2. The molecule has 43 heavy (non-hydrogen) atoms. The maximum absolute atomic E-state index is 13.2. The average Bonchev–Trinajstić information content (AvgIpc) is 3.44. The number of pyridine rings is 1. The molecule has 1 fully saturated rings. The Morgan fingerprint density at radius 1 is 1.14 bits per heavy atom. The molecule has 1 saturated heterocycles. The van der Waals surface area contributed by atoms with E-state index in [9.17, 15) is 18.0 Å². The van der Waals surface area contributed by atoms with E-state index in [1.54, 1.807) is 59.6 Å². The van der Waals surface area contributed by atoms with Crippen molar-refractivity contribution in [3.8, 4) is 11.5 Å². The summed E-state index contributed by atoms with van der Waals surface area (Å²) in [4.78, 5) is 23.7. The molecule has 0 saturated carbocycles. The van der Waals surface area contributed by atoms with Gasteiger partial charge in [-0.25, -0.2) is 4.98 Å². The van der Waals surface area contributed by atoms with E-state index in [1.165, 1.54) is 6.07 Å². The Morgan fingerprint density at radius 3 is 2.58 bits per heavy atom. The highest BCUT2D eigenvalue weighted by atomic mass is 19.4. The molecule has 11 heteroatoms. The van der Waals surface area contributed by atoms with Crippen LogP contribution in [0.25, 0.3) is 11.0 Å². The van der Waals surface area contributed by atoms with Crippen LogP contribution in [0.4, 0.5) is 24.5 Å². The van der Waals surface area contributed by atoms with Gasteiger partial charge < -0.3 is 29.6 Å². The van der Waals surface area contributed by atoms with E-state index >= 15 is 0 Å². The zero-order chi connectivity index (χ0) is 30.6. The Bertz CT molecular complexity index is 1610. The summed E-state index contributed by atoms with van der Waals surface area (Å²) < 4.78 is 51.0. The van der Waals surface area contributed by atoms with Gasteiger partial charge in [-0.3, -0.25) is 4.79 Å². The summed E-state index contributed by atoms with van der Waals surface area (Å²) in [7, 11) is 1.70. The molecule has 0 aliphatic carbocycles. The zero-order valence-corrected chi connectivity index (χ0v) is 23.7. The van der Waals surface area contributed by atoms with Gasteiger partial charge >= 0.3 is 6.18 Å². The molecule has 4 aromatic rings. The van der Waals surface area contributed by atoms with Crippen LogP contribution in [0.15, 0.2) is 91.9 Å². The molecule has 1 amide bonds. The number of carbonyl (C=O) groups is 1. The number of H-pyrrole nitrogens is 1. The normalized spacial score (nSPS) is 13.9. The summed E-state index contributed by atoms with van der Waals surface area (Å²) in [6, 6.07) is 15.9. The maximum Gasteiger partial charge on any atom is 0.416 e. The predicted octanol–water partition coefficient (Wildman–Crippen LogP) is 6.88. The molecular weight excluding hydrogens is 559 g/mol. The van der Waals surface area contributed by atoms with Gasteiger partial charge in [0, 0.05) is 55.8 Å². The van der Waals surface area contributed by atoms with E-state index in [2.05, 4.69) is 28.4 Å². The van der Waals surface area contributed by atoms with Crippen LogP contribution in [0.1, 0.15) is 28.9 Å². The summed E-state index contributed by atoms with van der Waals surface area (Å²) in [6.07, 6.45) is 0.329. The molecule has 3 heterocycles. The molecule has 2 aromatic carbocycles. The number of nitrogens with one attached hydrogen (secondary N) is 2. The summed E-state index contributed by atoms with van der Waals surface area (Å²) in [5.41, 5.74) is 2.00. The average molecular weight is 592 g/mol. The first-order chi connectivity index (χ1) is 20.6. The molecule has 0 bridgehead atoms. The van der Waals surface area contributed by atoms with E-state index < -0.39 is 11.7 Å². The second kappa shape index (κ2) is 12.6. The quantitative estimate of drug-likeness (QED) is 0.209. The lowest BCUT2D eigenvalue weighted by Crippen LogP contribution is -2.39. The van der Waals surface area contributed by atoms with Crippen molar-refractivity contribution in [2.75, 3.05) is 36.6 Å². The lowest BCUT2D eigenvalue weighted by Gasteiger charge is -2.28. The Hall–Kier alpha value is -4.77. The van der Waals surface area contributed by atoms with Gasteiger partial charge in [0.2, 0.25) is 0 Å². The van der Waals surface area contributed by atoms with Gasteiger partial charge in [-0.05, 0) is 67.4 Å². The number of rotatable bonds is 10. The molecule has 224 valence electrons. The number of alkyl halides is 3. The summed E-state index contributed by atoms with van der Waals surface area (Å²) >= 11 is 0. The number of aromatic nitrogens is 2. The molecule has 1 aliphatic heterocycles. The molecule has 2 aromatic heterocycles. The van der Waals surface area contributed by atoms with Crippen LogP contribution < -0.4 is 19.9 Å². The smallest absolute Gasteiger partial charge is 0.416 e. The molecule has 1 aliphatic rings. The number of likely N-dealkylation sites (N-methyl/N-ethyl adjacent to an activating group) is 1. The molecule has 0 unspecified atom stereocenters. The van der Waals surface area contributed by atoms with E-state index in [1.807, 2.05) is 12.1 Å². The van der Waals surface area contributed by atoms with Gasteiger partial charge in [0.15, 0.2) is 0 Å². The topological polar surface area (TPSA) is 82.7 Å². The second-order valence-corrected chi connectivity index (χ2v) is 10.2. The molecule has 2 N–H and O–H groups in total. The van der Waals surface area contributed by atoms with E-state index in [4.69, 9.17) is 9.47 Å². The van der Waals surface area contributed by atoms with Crippen LogP contribution in [0, 0.1) is 0 Å². The number of hydrogen-bond acceptors (Lipinski definition) is 6. The Kier molecular flexibility index (Phi) is 8.72. The van der Waals surface area contributed by atoms with Crippen molar-refractivity contribution in [3.63, 3.8) is 0 Å². The summed E-state index contributed by atoms with van der Waals surface area (Å²) in [5, 5.41) is 3.71. The number of anilines is 2. The van der Waals surface area contributed by atoms with Gasteiger partial charge in [0.25, 0.3) is 5.91 Å². The number of nitrogens with zero attached hydrogens (tertiary/aromatic N) is 3. The minimum Gasteiger partial charge on any atom is -0.457 e. The van der Waals surface area contributed by atoms with Crippen molar-refractivity contribution < 1.29 is 27.4 Å². The van der Waals surface area contributed by atoms with Gasteiger partial charge in [-0.1, -0.05) is 19.2 Å². The van der Waals surface area contributed by atoms with E-state index in [0.717, 1.165) is 30.7 Å². The summed E-state index contributed by atoms with van der Waals surface area (Å²) in [5.74, 6) is 0.886. The number of halogens is 3. The number of fused-ring (bicyclic) bond motifs is 1. The van der Waals surface area contributed by atoms with Crippen LogP contribution in [-0.4, -0.2) is 48.7 Å². The predicted molar refractivity (Wildman–Crippen MR) is 160 cm³/mol. The van der Waals surface area contributed by atoms with Crippen molar-refractivity contribution in [3.05, 3.63) is 103 Å². The third-order valence-corrected chi connectivity index (χ3v) is 7.19. The fraction of sp³-hybridized carbons (Fsp3) is 0.250. The SMILES string of the molecule is C=CN(C(=C)CN(C)c1cccc(C(F)(F)F)c1)c1ccc(Oc2ccnc3[nH]c(C(=O)NC4CCOCC4)cc23)cc1. The van der Waals surface area contributed by atoms with Gasteiger partial charge in [-0.2, -0.15) is 13.2 Å². The van der Waals surface area contributed by atoms with Crippen LogP contribution in [-0.2, 0) is 10.9 Å². The first-order valence-electron chi connectivity index (χ1n) is 13.7. The highest BCUT2D eigenvalue weighted by molar-refractivity contribution is 5.98. The maximum atomic E-state index is 13.2. The van der Waals surface area contributed by atoms with E-state index in [-0.39, 0.29) is 18.5 Å². The van der Waals surface area contributed by atoms with Crippen molar-refractivity contribution in [2.24, 2.45) is 0 Å². The number of carbonyl (C=O) groups excluding carboxylic acids is 1. The van der Waals surface area contributed by atoms with Crippen molar-refractivity contribution in [1.29, 1.82) is 0 Å². The van der Waals surface area contributed by atoms with Gasteiger partial charge in [-0.15, -0.1) is 0 Å². The number of aromatic amines is 1. The van der Waals surface area contributed by atoms with E-state index in [0.29, 0.717) is 52.8 Å². The van der Waals surface area contributed by atoms with Crippen molar-refractivity contribution in [2.45, 2.75) is 25.1 Å². The first-order valence-corrected chi connectivity index (χ1v) is 13.7. The highest BCUT2D eigenvalue weighted by Gasteiger charge is 2.30. The lowest BCUT2D eigenvalue weighted by atomic mass is 10.1. The Balaban J connectivity index is 1.26. The first kappa shape index (κ1) is 29.7. The molecule has 0 radical (unpaired) electrons.